The first kappa shape index (κ1) is 12.4. The number of hydrogen-bond acceptors (Lipinski definition) is 3. The van der Waals surface area contributed by atoms with E-state index in [2.05, 4.69) is 5.32 Å². The molecule has 0 saturated heterocycles. The van der Waals surface area contributed by atoms with Crippen molar-refractivity contribution in [3.63, 3.8) is 0 Å². The van der Waals surface area contributed by atoms with Crippen molar-refractivity contribution in [2.75, 3.05) is 7.05 Å². The van der Waals surface area contributed by atoms with Crippen LogP contribution in [0.2, 0.25) is 0 Å². The second-order valence-electron chi connectivity index (χ2n) is 5.27. The Morgan fingerprint density at radius 2 is 1.62 bits per heavy atom. The second kappa shape index (κ2) is 5.05. The van der Waals surface area contributed by atoms with Gasteiger partial charge in [0.2, 0.25) is 0 Å². The minimum atomic E-state index is -2.84. The lowest BCUT2D eigenvalue weighted by atomic mass is 10.0. The van der Waals surface area contributed by atoms with Gasteiger partial charge in [0.05, 0.1) is 10.5 Å². The summed E-state index contributed by atoms with van der Waals surface area (Å²) in [6.45, 7) is 0. The van der Waals surface area contributed by atoms with Crippen LogP contribution in [0.25, 0.3) is 0 Å². The highest BCUT2D eigenvalue weighted by Gasteiger charge is 2.38. The van der Waals surface area contributed by atoms with Gasteiger partial charge in [0, 0.05) is 6.04 Å². The van der Waals surface area contributed by atoms with Crippen molar-refractivity contribution in [3.05, 3.63) is 0 Å². The molecule has 0 aliphatic heterocycles. The zero-order chi connectivity index (χ0) is 11.6. The predicted molar refractivity (Wildman–Crippen MR) is 66.3 cm³/mol. The van der Waals surface area contributed by atoms with Gasteiger partial charge in [-0.2, -0.15) is 0 Å². The molecule has 0 spiro atoms. The molecule has 3 nitrogen and oxygen atoms in total. The summed E-state index contributed by atoms with van der Waals surface area (Å²) in [4.78, 5) is 0. The van der Waals surface area contributed by atoms with Crippen LogP contribution in [0.15, 0.2) is 0 Å². The molecule has 2 fully saturated rings. The van der Waals surface area contributed by atoms with Crippen molar-refractivity contribution in [1.82, 2.24) is 5.32 Å². The normalized spacial score (nSPS) is 33.1. The molecule has 2 saturated carbocycles. The summed E-state index contributed by atoms with van der Waals surface area (Å²) in [6.07, 6.45) is 7.95. The number of sulfone groups is 1. The lowest BCUT2D eigenvalue weighted by Gasteiger charge is -2.25. The molecular weight excluding hydrogens is 222 g/mol. The summed E-state index contributed by atoms with van der Waals surface area (Å²) in [7, 11) is -0.914. The van der Waals surface area contributed by atoms with Gasteiger partial charge in [0.15, 0.2) is 9.84 Å². The van der Waals surface area contributed by atoms with Gasteiger partial charge >= 0.3 is 0 Å². The standard InChI is InChI=1S/C12H23NO2S/c1-13-10-7-8-12(9-10)16(14,15)11-5-3-2-4-6-11/h10-13H,2-9H2,1H3. The van der Waals surface area contributed by atoms with Gasteiger partial charge in [-0.15, -0.1) is 0 Å². The molecule has 2 unspecified atom stereocenters. The Kier molecular flexibility index (Phi) is 3.90. The lowest BCUT2D eigenvalue weighted by Crippen LogP contribution is -2.33. The van der Waals surface area contributed by atoms with Crippen LogP contribution in [0, 0.1) is 0 Å². The quantitative estimate of drug-likeness (QED) is 0.825. The van der Waals surface area contributed by atoms with E-state index in [1.165, 1.54) is 6.42 Å². The number of rotatable bonds is 3. The van der Waals surface area contributed by atoms with E-state index in [4.69, 9.17) is 0 Å². The maximum atomic E-state index is 12.4. The Balaban J connectivity index is 2.01. The molecule has 16 heavy (non-hydrogen) atoms. The minimum absolute atomic E-state index is 0.0261. The predicted octanol–water partition coefficient (Wildman–Crippen LogP) is 1.87. The van der Waals surface area contributed by atoms with Crippen LogP contribution >= 0.6 is 0 Å². The fourth-order valence-electron chi connectivity index (χ4n) is 3.17. The Morgan fingerprint density at radius 1 is 0.938 bits per heavy atom. The summed E-state index contributed by atoms with van der Waals surface area (Å²) in [5.41, 5.74) is 0. The molecule has 0 aromatic heterocycles. The SMILES string of the molecule is CNC1CCC(S(=O)(=O)C2CCCCC2)C1. The van der Waals surface area contributed by atoms with Crippen LogP contribution in [0.3, 0.4) is 0 Å². The maximum Gasteiger partial charge on any atom is 0.156 e. The van der Waals surface area contributed by atoms with Gasteiger partial charge in [-0.25, -0.2) is 8.42 Å². The van der Waals surface area contributed by atoms with Crippen LogP contribution in [0.1, 0.15) is 51.4 Å². The first-order valence-electron chi connectivity index (χ1n) is 6.54. The molecule has 2 aliphatic carbocycles. The van der Waals surface area contributed by atoms with Crippen molar-refractivity contribution in [2.24, 2.45) is 0 Å². The maximum absolute atomic E-state index is 12.4. The summed E-state index contributed by atoms with van der Waals surface area (Å²) < 4.78 is 24.8. The smallest absolute Gasteiger partial charge is 0.156 e. The zero-order valence-corrected chi connectivity index (χ0v) is 10.9. The van der Waals surface area contributed by atoms with E-state index in [1.54, 1.807) is 0 Å². The second-order valence-corrected chi connectivity index (χ2v) is 7.78. The molecule has 0 aromatic rings. The van der Waals surface area contributed by atoms with Crippen molar-refractivity contribution in [3.8, 4) is 0 Å². The highest BCUT2D eigenvalue weighted by molar-refractivity contribution is 7.92. The molecule has 0 heterocycles. The van der Waals surface area contributed by atoms with Crippen molar-refractivity contribution < 1.29 is 8.42 Å². The van der Waals surface area contributed by atoms with Gasteiger partial charge in [-0.1, -0.05) is 19.3 Å². The van der Waals surface area contributed by atoms with Crippen LogP contribution < -0.4 is 5.32 Å². The van der Waals surface area contributed by atoms with E-state index in [-0.39, 0.29) is 10.5 Å². The first-order chi connectivity index (χ1) is 7.64. The van der Waals surface area contributed by atoms with Crippen LogP contribution in [-0.4, -0.2) is 32.0 Å². The van der Waals surface area contributed by atoms with Crippen LogP contribution in [0.5, 0.6) is 0 Å². The van der Waals surface area contributed by atoms with Gasteiger partial charge in [-0.3, -0.25) is 0 Å². The third kappa shape index (κ3) is 2.43. The fourth-order valence-corrected chi connectivity index (χ4v) is 5.67. The van der Waals surface area contributed by atoms with Crippen LogP contribution in [0.4, 0.5) is 0 Å². The van der Waals surface area contributed by atoms with E-state index >= 15 is 0 Å². The molecule has 0 radical (unpaired) electrons. The van der Waals surface area contributed by atoms with E-state index in [0.717, 1.165) is 44.9 Å². The fraction of sp³-hybridized carbons (Fsp3) is 1.00. The Labute approximate surface area is 98.9 Å². The third-order valence-electron chi connectivity index (χ3n) is 4.27. The molecule has 1 N–H and O–H groups in total. The van der Waals surface area contributed by atoms with E-state index in [1.807, 2.05) is 7.05 Å². The monoisotopic (exact) mass is 245 g/mol. The van der Waals surface area contributed by atoms with E-state index < -0.39 is 9.84 Å². The average molecular weight is 245 g/mol. The largest absolute Gasteiger partial charge is 0.317 e. The van der Waals surface area contributed by atoms with Gasteiger partial charge in [-0.05, 0) is 39.2 Å². The Bertz CT molecular complexity index is 320. The molecule has 2 aliphatic rings. The number of hydrogen-bond donors (Lipinski definition) is 1. The average Bonchev–Trinajstić information content (AvgIpc) is 2.79. The van der Waals surface area contributed by atoms with Gasteiger partial charge < -0.3 is 5.32 Å². The third-order valence-corrected chi connectivity index (χ3v) is 7.03. The summed E-state index contributed by atoms with van der Waals surface area (Å²) in [5.74, 6) is 0. The minimum Gasteiger partial charge on any atom is -0.317 e. The molecule has 0 bridgehead atoms. The summed E-state index contributed by atoms with van der Waals surface area (Å²) in [6, 6.07) is 0.420. The van der Waals surface area contributed by atoms with Crippen molar-refractivity contribution in [1.29, 1.82) is 0 Å². The topological polar surface area (TPSA) is 46.2 Å². The molecule has 94 valence electrons. The molecular formula is C12H23NO2S. The molecule has 4 heteroatoms. The Hall–Kier alpha value is -0.0900. The van der Waals surface area contributed by atoms with Gasteiger partial charge in [0.25, 0.3) is 0 Å². The van der Waals surface area contributed by atoms with Crippen molar-refractivity contribution >= 4 is 9.84 Å². The summed E-state index contributed by atoms with van der Waals surface area (Å²) in [5, 5.41) is 3.12. The van der Waals surface area contributed by atoms with E-state index in [0.29, 0.717) is 6.04 Å². The first-order valence-corrected chi connectivity index (χ1v) is 8.15. The molecule has 2 rings (SSSR count). The zero-order valence-electron chi connectivity index (χ0n) is 10.1. The highest BCUT2D eigenvalue weighted by atomic mass is 32.2. The van der Waals surface area contributed by atoms with E-state index in [9.17, 15) is 8.42 Å². The highest BCUT2D eigenvalue weighted by Crippen LogP contribution is 2.33. The summed E-state index contributed by atoms with van der Waals surface area (Å²) >= 11 is 0. The molecule has 0 amide bonds. The molecule has 2 atom stereocenters. The Morgan fingerprint density at radius 3 is 2.19 bits per heavy atom. The van der Waals surface area contributed by atoms with Crippen molar-refractivity contribution in [2.45, 2.75) is 67.9 Å². The lowest BCUT2D eigenvalue weighted by molar-refractivity contribution is 0.476. The molecule has 0 aromatic carbocycles. The van der Waals surface area contributed by atoms with Gasteiger partial charge in [0.1, 0.15) is 0 Å². The van der Waals surface area contributed by atoms with Crippen LogP contribution in [-0.2, 0) is 9.84 Å². The number of nitrogens with one attached hydrogen (secondary N) is 1.